The lowest BCUT2D eigenvalue weighted by molar-refractivity contribution is -0.138. The Bertz CT molecular complexity index is 777. The Hall–Kier alpha value is -2.50. The number of rotatable bonds is 2. The summed E-state index contributed by atoms with van der Waals surface area (Å²) in [7, 11) is 1.60. The van der Waals surface area contributed by atoms with Gasteiger partial charge in [0.25, 0.3) is 5.56 Å². The zero-order valence-electron chi connectivity index (χ0n) is 11.0. The van der Waals surface area contributed by atoms with Gasteiger partial charge in [-0.3, -0.25) is 9.59 Å². The number of benzene rings is 1. The lowest BCUT2D eigenvalue weighted by Gasteiger charge is -2.13. The van der Waals surface area contributed by atoms with E-state index >= 15 is 0 Å². The largest absolute Gasteiger partial charge is 0.481 e. The van der Waals surface area contributed by atoms with E-state index in [1.54, 1.807) is 32.3 Å². The first-order chi connectivity index (χ1) is 9.49. The summed E-state index contributed by atoms with van der Waals surface area (Å²) >= 11 is 0. The number of hydrogen-bond acceptors (Lipinski definition) is 4. The summed E-state index contributed by atoms with van der Waals surface area (Å²) in [6, 6.07) is 3.28. The second kappa shape index (κ2) is 4.26. The third-order valence-electron chi connectivity index (χ3n) is 3.54. The third kappa shape index (κ3) is 1.72. The standard InChI is InChI=1S/C14H13NO5/c1-7(14(17)18)10-5-15(2)13(16)9-4-12-11(3-8(9)10)19-6-20-12/h3-5,7H,6H2,1-2H3,(H,17,18). The molecule has 104 valence electrons. The summed E-state index contributed by atoms with van der Waals surface area (Å²) in [4.78, 5) is 23.4. The van der Waals surface area contributed by atoms with Crippen molar-refractivity contribution in [2.24, 2.45) is 7.05 Å². The number of carboxylic acids is 1. The summed E-state index contributed by atoms with van der Waals surface area (Å²) in [5, 5.41) is 10.2. The minimum atomic E-state index is -0.942. The predicted molar refractivity (Wildman–Crippen MR) is 71.4 cm³/mol. The van der Waals surface area contributed by atoms with E-state index in [-0.39, 0.29) is 12.4 Å². The lowest BCUT2D eigenvalue weighted by Crippen LogP contribution is -2.19. The van der Waals surface area contributed by atoms with Crippen molar-refractivity contribution in [1.29, 1.82) is 0 Å². The Morgan fingerprint density at radius 3 is 2.50 bits per heavy atom. The van der Waals surface area contributed by atoms with Gasteiger partial charge in [-0.25, -0.2) is 0 Å². The highest BCUT2D eigenvalue weighted by molar-refractivity contribution is 5.92. The molecule has 3 rings (SSSR count). The van der Waals surface area contributed by atoms with Crippen LogP contribution in [0.25, 0.3) is 10.8 Å². The first-order valence-electron chi connectivity index (χ1n) is 6.14. The summed E-state index contributed by atoms with van der Waals surface area (Å²) in [6.07, 6.45) is 1.56. The van der Waals surface area contributed by atoms with E-state index in [2.05, 4.69) is 0 Å². The molecule has 1 unspecified atom stereocenters. The summed E-state index contributed by atoms with van der Waals surface area (Å²) in [5.74, 6) is -0.619. The summed E-state index contributed by atoms with van der Waals surface area (Å²) < 4.78 is 11.9. The molecular formula is C14H13NO5. The molecule has 0 fully saturated rings. The maximum Gasteiger partial charge on any atom is 0.310 e. The van der Waals surface area contributed by atoms with Gasteiger partial charge < -0.3 is 19.1 Å². The van der Waals surface area contributed by atoms with Gasteiger partial charge in [0, 0.05) is 13.2 Å². The van der Waals surface area contributed by atoms with Crippen molar-refractivity contribution in [3.63, 3.8) is 0 Å². The first-order valence-corrected chi connectivity index (χ1v) is 6.14. The molecule has 0 spiro atoms. The molecule has 0 radical (unpaired) electrons. The first kappa shape index (κ1) is 12.5. The molecule has 0 bridgehead atoms. The zero-order chi connectivity index (χ0) is 14.4. The zero-order valence-corrected chi connectivity index (χ0v) is 11.0. The number of pyridine rings is 1. The Balaban J connectivity index is 2.38. The summed E-state index contributed by atoms with van der Waals surface area (Å²) in [5.41, 5.74) is 0.382. The molecule has 1 aliphatic rings. The topological polar surface area (TPSA) is 77.8 Å². The maximum atomic E-state index is 12.2. The molecule has 6 nitrogen and oxygen atoms in total. The van der Waals surface area contributed by atoms with Crippen LogP contribution in [0.1, 0.15) is 18.4 Å². The van der Waals surface area contributed by atoms with Crippen LogP contribution in [0.4, 0.5) is 0 Å². The van der Waals surface area contributed by atoms with E-state index < -0.39 is 11.9 Å². The number of aryl methyl sites for hydroxylation is 1. The Labute approximate surface area is 114 Å². The highest BCUT2D eigenvalue weighted by Crippen LogP contribution is 2.37. The third-order valence-corrected chi connectivity index (χ3v) is 3.54. The van der Waals surface area contributed by atoms with Crippen molar-refractivity contribution in [3.05, 3.63) is 34.2 Å². The fourth-order valence-corrected chi connectivity index (χ4v) is 2.36. The molecule has 2 heterocycles. The van der Waals surface area contributed by atoms with Gasteiger partial charge in [-0.15, -0.1) is 0 Å². The molecule has 1 aromatic carbocycles. The Kier molecular flexibility index (Phi) is 2.67. The van der Waals surface area contributed by atoms with Crippen LogP contribution in [0.15, 0.2) is 23.1 Å². The fraction of sp³-hybridized carbons (Fsp3) is 0.286. The second-order valence-electron chi connectivity index (χ2n) is 4.81. The van der Waals surface area contributed by atoms with Gasteiger partial charge in [-0.1, -0.05) is 0 Å². The fourth-order valence-electron chi connectivity index (χ4n) is 2.36. The van der Waals surface area contributed by atoms with Gasteiger partial charge in [0.15, 0.2) is 11.5 Å². The van der Waals surface area contributed by atoms with Crippen LogP contribution in [0.5, 0.6) is 11.5 Å². The van der Waals surface area contributed by atoms with E-state index in [1.165, 1.54) is 4.57 Å². The quantitative estimate of drug-likeness (QED) is 0.897. The Morgan fingerprint density at radius 1 is 1.30 bits per heavy atom. The van der Waals surface area contributed by atoms with Crippen LogP contribution in [0.2, 0.25) is 0 Å². The second-order valence-corrected chi connectivity index (χ2v) is 4.81. The minimum absolute atomic E-state index is 0.107. The highest BCUT2D eigenvalue weighted by atomic mass is 16.7. The number of fused-ring (bicyclic) bond motifs is 2. The number of hydrogen-bond donors (Lipinski definition) is 1. The summed E-state index contributed by atoms with van der Waals surface area (Å²) in [6.45, 7) is 1.70. The van der Waals surface area contributed by atoms with E-state index in [1.807, 2.05) is 0 Å². The molecule has 0 aliphatic carbocycles. The smallest absolute Gasteiger partial charge is 0.310 e. The van der Waals surface area contributed by atoms with Crippen molar-refractivity contribution in [2.45, 2.75) is 12.8 Å². The van der Waals surface area contributed by atoms with Crippen LogP contribution < -0.4 is 15.0 Å². The molecule has 0 saturated heterocycles. The molecular weight excluding hydrogens is 262 g/mol. The van der Waals surface area contributed by atoms with Crippen LogP contribution in [-0.2, 0) is 11.8 Å². The number of aliphatic carboxylic acids is 1. The van der Waals surface area contributed by atoms with Crippen molar-refractivity contribution < 1.29 is 19.4 Å². The predicted octanol–water partition coefficient (Wildman–Crippen LogP) is 1.46. The van der Waals surface area contributed by atoms with Crippen LogP contribution in [0, 0.1) is 0 Å². The van der Waals surface area contributed by atoms with E-state index in [0.717, 1.165) is 0 Å². The van der Waals surface area contributed by atoms with Gasteiger partial charge in [0.05, 0.1) is 11.3 Å². The van der Waals surface area contributed by atoms with E-state index in [4.69, 9.17) is 9.47 Å². The molecule has 1 N–H and O–H groups in total. The van der Waals surface area contributed by atoms with Gasteiger partial charge in [-0.2, -0.15) is 0 Å². The monoisotopic (exact) mass is 275 g/mol. The van der Waals surface area contributed by atoms with Crippen molar-refractivity contribution in [3.8, 4) is 11.5 Å². The Morgan fingerprint density at radius 2 is 1.90 bits per heavy atom. The van der Waals surface area contributed by atoms with E-state index in [9.17, 15) is 14.7 Å². The van der Waals surface area contributed by atoms with E-state index in [0.29, 0.717) is 27.8 Å². The highest BCUT2D eigenvalue weighted by Gasteiger charge is 2.22. The normalized spacial score (nSPS) is 14.5. The van der Waals surface area contributed by atoms with Crippen LogP contribution >= 0.6 is 0 Å². The average Bonchev–Trinajstić information content (AvgIpc) is 2.87. The number of nitrogens with zero attached hydrogens (tertiary/aromatic N) is 1. The number of carboxylic acid groups (broad SMARTS) is 1. The van der Waals surface area contributed by atoms with Crippen molar-refractivity contribution >= 4 is 16.7 Å². The van der Waals surface area contributed by atoms with Crippen LogP contribution in [-0.4, -0.2) is 22.4 Å². The van der Waals surface area contributed by atoms with Gasteiger partial charge >= 0.3 is 5.97 Å². The molecule has 1 aromatic heterocycles. The molecule has 2 aromatic rings. The average molecular weight is 275 g/mol. The minimum Gasteiger partial charge on any atom is -0.481 e. The van der Waals surface area contributed by atoms with Crippen LogP contribution in [0.3, 0.4) is 0 Å². The molecule has 0 saturated carbocycles. The van der Waals surface area contributed by atoms with Gasteiger partial charge in [-0.05, 0) is 30.0 Å². The molecule has 0 amide bonds. The SMILES string of the molecule is CC(C(=O)O)c1cn(C)c(=O)c2cc3c(cc12)OCO3. The van der Waals surface area contributed by atoms with Gasteiger partial charge in [0.1, 0.15) is 0 Å². The van der Waals surface area contributed by atoms with Crippen molar-refractivity contribution in [1.82, 2.24) is 4.57 Å². The molecule has 6 heteroatoms. The number of aromatic nitrogens is 1. The van der Waals surface area contributed by atoms with Crippen molar-refractivity contribution in [2.75, 3.05) is 6.79 Å². The maximum absolute atomic E-state index is 12.2. The molecule has 20 heavy (non-hydrogen) atoms. The molecule has 1 aliphatic heterocycles. The molecule has 1 atom stereocenters. The number of carbonyl (C=O) groups is 1. The lowest BCUT2D eigenvalue weighted by atomic mass is 9.96. The number of ether oxygens (including phenoxy) is 2. The van der Waals surface area contributed by atoms with Gasteiger partial charge in [0.2, 0.25) is 6.79 Å².